The third kappa shape index (κ3) is 2.77. The number of nitrogens with two attached hydrogens (primary N) is 1. The quantitative estimate of drug-likeness (QED) is 0.731. The molecule has 4 nitrogen and oxygen atoms in total. The molecule has 1 heterocycles. The van der Waals surface area contributed by atoms with Crippen LogP contribution in [0.3, 0.4) is 0 Å². The highest BCUT2D eigenvalue weighted by molar-refractivity contribution is 5.85. The predicted molar refractivity (Wildman–Crippen MR) is 56.7 cm³/mol. The molecule has 0 bridgehead atoms. The highest BCUT2D eigenvalue weighted by Gasteiger charge is 2.17. The van der Waals surface area contributed by atoms with Crippen molar-refractivity contribution in [2.45, 2.75) is 19.6 Å². The lowest BCUT2D eigenvalue weighted by molar-refractivity contribution is 0.276. The Bertz CT molecular complexity index is 336. The summed E-state index contributed by atoms with van der Waals surface area (Å²) in [5.74, 6) is -0.137. The molecule has 0 aliphatic heterocycles. The third-order valence-corrected chi connectivity index (χ3v) is 2.07. The molecule has 0 unspecified atom stereocenters. The molecule has 0 saturated heterocycles. The number of hydrogen-bond donors (Lipinski definition) is 3. The van der Waals surface area contributed by atoms with Crippen LogP contribution in [-0.2, 0) is 6.61 Å². The van der Waals surface area contributed by atoms with E-state index >= 15 is 0 Å². The minimum absolute atomic E-state index is 0. The van der Waals surface area contributed by atoms with Gasteiger partial charge in [-0.1, -0.05) is 0 Å². The molecule has 1 aromatic heterocycles. The van der Waals surface area contributed by atoms with Crippen molar-refractivity contribution in [3.05, 3.63) is 23.0 Å². The molecule has 4 N–H and O–H groups in total. The van der Waals surface area contributed by atoms with Gasteiger partial charge in [-0.3, -0.25) is 4.98 Å². The molecule has 86 valence electrons. The van der Waals surface area contributed by atoms with E-state index in [-0.39, 0.29) is 30.3 Å². The molecule has 1 atom stereocenters. The number of alkyl halides is 1. The van der Waals surface area contributed by atoms with Crippen molar-refractivity contribution in [2.24, 2.45) is 5.73 Å². The summed E-state index contributed by atoms with van der Waals surface area (Å²) >= 11 is 0. The van der Waals surface area contributed by atoms with E-state index in [0.29, 0.717) is 11.3 Å². The average Bonchev–Trinajstić information content (AvgIpc) is 2.20. The van der Waals surface area contributed by atoms with Gasteiger partial charge in [-0.25, -0.2) is 4.39 Å². The van der Waals surface area contributed by atoms with Crippen LogP contribution in [0.1, 0.15) is 22.9 Å². The minimum atomic E-state index is -0.918. The van der Waals surface area contributed by atoms with Gasteiger partial charge in [0.15, 0.2) is 0 Å². The smallest absolute Gasteiger partial charge is 0.141 e. The van der Waals surface area contributed by atoms with Crippen molar-refractivity contribution in [1.82, 2.24) is 4.98 Å². The fourth-order valence-electron chi connectivity index (χ4n) is 1.27. The first-order chi connectivity index (χ1) is 6.61. The van der Waals surface area contributed by atoms with Crippen molar-refractivity contribution in [3.8, 4) is 5.75 Å². The molecule has 0 aliphatic carbocycles. The molecule has 1 aromatic rings. The Morgan fingerprint density at radius 1 is 1.60 bits per heavy atom. The van der Waals surface area contributed by atoms with E-state index in [1.54, 1.807) is 6.92 Å². The van der Waals surface area contributed by atoms with Gasteiger partial charge in [0.05, 0.1) is 18.3 Å². The molecule has 15 heavy (non-hydrogen) atoms. The summed E-state index contributed by atoms with van der Waals surface area (Å²) in [6.07, 6.45) is 1.39. The highest BCUT2D eigenvalue weighted by Crippen LogP contribution is 2.28. The molecule has 0 saturated carbocycles. The minimum Gasteiger partial charge on any atom is -0.506 e. The number of aromatic nitrogens is 1. The summed E-state index contributed by atoms with van der Waals surface area (Å²) < 4.78 is 12.4. The fraction of sp³-hybridized carbons (Fsp3) is 0.444. The SMILES string of the molecule is Cc1ncc(CO)c([C@H](N)CF)c1O.Cl. The Morgan fingerprint density at radius 2 is 2.20 bits per heavy atom. The normalized spacial score (nSPS) is 12.0. The Hall–Kier alpha value is -0.910. The number of aliphatic hydroxyl groups excluding tert-OH is 1. The number of aromatic hydroxyl groups is 1. The van der Waals surface area contributed by atoms with E-state index in [2.05, 4.69) is 4.98 Å². The van der Waals surface area contributed by atoms with Crippen molar-refractivity contribution >= 4 is 12.4 Å². The van der Waals surface area contributed by atoms with Crippen LogP contribution in [0.25, 0.3) is 0 Å². The molecule has 6 heteroatoms. The van der Waals surface area contributed by atoms with Gasteiger partial charge in [0, 0.05) is 17.3 Å². The van der Waals surface area contributed by atoms with Crippen LogP contribution in [-0.4, -0.2) is 21.9 Å². The van der Waals surface area contributed by atoms with Gasteiger partial charge in [-0.05, 0) is 6.92 Å². The number of halogens is 2. The van der Waals surface area contributed by atoms with Crippen LogP contribution in [0, 0.1) is 6.92 Å². The molecule has 0 fully saturated rings. The van der Waals surface area contributed by atoms with Crippen molar-refractivity contribution < 1.29 is 14.6 Å². The molecule has 0 radical (unpaired) electrons. The number of rotatable bonds is 3. The Balaban J connectivity index is 0.00000196. The van der Waals surface area contributed by atoms with Crippen LogP contribution in [0.2, 0.25) is 0 Å². The zero-order chi connectivity index (χ0) is 10.7. The first kappa shape index (κ1) is 14.1. The van der Waals surface area contributed by atoms with Crippen molar-refractivity contribution in [2.75, 3.05) is 6.67 Å². The number of aliphatic hydroxyl groups is 1. The van der Waals surface area contributed by atoms with Crippen LogP contribution >= 0.6 is 12.4 Å². The average molecular weight is 237 g/mol. The van der Waals surface area contributed by atoms with Crippen LogP contribution < -0.4 is 5.73 Å². The monoisotopic (exact) mass is 236 g/mol. The number of aryl methyl sites for hydroxylation is 1. The van der Waals surface area contributed by atoms with E-state index in [9.17, 15) is 9.50 Å². The maximum Gasteiger partial charge on any atom is 0.141 e. The Labute approximate surface area is 93.4 Å². The Kier molecular flexibility index (Phi) is 5.49. The van der Waals surface area contributed by atoms with E-state index in [0.717, 1.165) is 0 Å². The van der Waals surface area contributed by atoms with E-state index in [1.807, 2.05) is 0 Å². The lowest BCUT2D eigenvalue weighted by atomic mass is 10.0. The molecule has 0 amide bonds. The summed E-state index contributed by atoms with van der Waals surface area (Å²) in [5.41, 5.74) is 6.44. The van der Waals surface area contributed by atoms with Crippen LogP contribution in [0.5, 0.6) is 5.75 Å². The highest BCUT2D eigenvalue weighted by atomic mass is 35.5. The van der Waals surface area contributed by atoms with Gasteiger partial charge in [-0.15, -0.1) is 12.4 Å². The first-order valence-electron chi connectivity index (χ1n) is 4.21. The van der Waals surface area contributed by atoms with Gasteiger partial charge >= 0.3 is 0 Å². The fourth-order valence-corrected chi connectivity index (χ4v) is 1.27. The van der Waals surface area contributed by atoms with Crippen LogP contribution in [0.4, 0.5) is 4.39 Å². The number of hydrogen-bond acceptors (Lipinski definition) is 4. The lowest BCUT2D eigenvalue weighted by Gasteiger charge is -2.14. The van der Waals surface area contributed by atoms with Crippen LogP contribution in [0.15, 0.2) is 6.20 Å². The van der Waals surface area contributed by atoms with Gasteiger partial charge in [0.25, 0.3) is 0 Å². The standard InChI is InChI=1S/C9H13FN2O2.ClH/c1-5-9(14)8(7(11)2-10)6(4-13)3-12-5;/h3,7,13-14H,2,4,11H2,1H3;1H/t7-;/m1./s1. The summed E-state index contributed by atoms with van der Waals surface area (Å²) in [7, 11) is 0. The zero-order valence-corrected chi connectivity index (χ0v) is 9.09. The number of nitrogens with zero attached hydrogens (tertiary/aromatic N) is 1. The first-order valence-corrected chi connectivity index (χ1v) is 4.21. The summed E-state index contributed by atoms with van der Waals surface area (Å²) in [4.78, 5) is 3.84. The predicted octanol–water partition coefficient (Wildman–Crippen LogP) is 0.979. The summed E-state index contributed by atoms with van der Waals surface area (Å²) in [6.45, 7) is 0.485. The van der Waals surface area contributed by atoms with E-state index in [4.69, 9.17) is 10.8 Å². The largest absolute Gasteiger partial charge is 0.506 e. The van der Waals surface area contributed by atoms with Gasteiger partial charge < -0.3 is 15.9 Å². The van der Waals surface area contributed by atoms with Crippen molar-refractivity contribution in [1.29, 1.82) is 0 Å². The van der Waals surface area contributed by atoms with Gasteiger partial charge in [0.2, 0.25) is 0 Å². The molecule has 1 rings (SSSR count). The summed E-state index contributed by atoms with van der Waals surface area (Å²) in [6, 6.07) is -0.918. The lowest BCUT2D eigenvalue weighted by Crippen LogP contribution is -2.15. The number of pyridine rings is 1. The second-order valence-electron chi connectivity index (χ2n) is 3.05. The summed E-state index contributed by atoms with van der Waals surface area (Å²) in [5, 5.41) is 18.5. The maximum atomic E-state index is 12.4. The molecule has 0 aromatic carbocycles. The van der Waals surface area contributed by atoms with Crippen molar-refractivity contribution in [3.63, 3.8) is 0 Å². The molecular formula is C9H14ClFN2O2. The molecule has 0 spiro atoms. The topological polar surface area (TPSA) is 79.4 Å². The maximum absolute atomic E-state index is 12.4. The third-order valence-electron chi connectivity index (χ3n) is 2.07. The molecular weight excluding hydrogens is 223 g/mol. The zero-order valence-electron chi connectivity index (χ0n) is 8.27. The van der Waals surface area contributed by atoms with E-state index in [1.165, 1.54) is 6.20 Å². The Morgan fingerprint density at radius 3 is 2.67 bits per heavy atom. The van der Waals surface area contributed by atoms with E-state index < -0.39 is 12.7 Å². The molecule has 0 aliphatic rings. The van der Waals surface area contributed by atoms with Gasteiger partial charge in [0.1, 0.15) is 12.4 Å². The second-order valence-corrected chi connectivity index (χ2v) is 3.05. The van der Waals surface area contributed by atoms with Gasteiger partial charge in [-0.2, -0.15) is 0 Å². The second kappa shape index (κ2) is 5.85.